The van der Waals surface area contributed by atoms with E-state index in [0.717, 1.165) is 25.3 Å². The summed E-state index contributed by atoms with van der Waals surface area (Å²) in [5.74, 6) is 1.41. The molecule has 1 saturated carbocycles. The third-order valence-electron chi connectivity index (χ3n) is 4.87. The zero-order valence-corrected chi connectivity index (χ0v) is 12.6. The van der Waals surface area contributed by atoms with Crippen LogP contribution in [0.4, 0.5) is 0 Å². The van der Waals surface area contributed by atoms with Crippen molar-refractivity contribution in [2.75, 3.05) is 6.54 Å². The van der Waals surface area contributed by atoms with Crippen LogP contribution in [0.3, 0.4) is 0 Å². The summed E-state index contributed by atoms with van der Waals surface area (Å²) >= 11 is 0. The van der Waals surface area contributed by atoms with Crippen molar-refractivity contribution in [1.82, 2.24) is 5.32 Å². The zero-order valence-electron chi connectivity index (χ0n) is 12.6. The van der Waals surface area contributed by atoms with E-state index in [4.69, 9.17) is 0 Å². The molecule has 108 valence electrons. The molecule has 0 aromatic rings. The Hall–Kier alpha value is -0.0800. The van der Waals surface area contributed by atoms with Gasteiger partial charge in [-0.15, -0.1) is 0 Å². The zero-order chi connectivity index (χ0) is 13.4. The second kappa shape index (κ2) is 8.92. The molecule has 0 spiro atoms. The summed E-state index contributed by atoms with van der Waals surface area (Å²) in [6, 6.07) is 0.644. The van der Waals surface area contributed by atoms with Crippen LogP contribution in [0.15, 0.2) is 0 Å². The summed E-state index contributed by atoms with van der Waals surface area (Å²) in [6.07, 6.45) is 10.1. The molecule has 1 fully saturated rings. The molecule has 0 saturated heterocycles. The molecule has 18 heavy (non-hydrogen) atoms. The minimum absolute atomic E-state index is 0.162. The molecule has 2 heteroatoms. The average molecular weight is 255 g/mol. The molecule has 2 N–H and O–H groups in total. The van der Waals surface area contributed by atoms with Crippen LogP contribution in [0.2, 0.25) is 0 Å². The van der Waals surface area contributed by atoms with Gasteiger partial charge in [0.1, 0.15) is 0 Å². The van der Waals surface area contributed by atoms with E-state index in [1.807, 2.05) is 0 Å². The molecule has 0 aromatic heterocycles. The maximum Gasteiger partial charge on any atom is 0.0692 e. The highest BCUT2D eigenvalue weighted by Gasteiger charge is 2.20. The van der Waals surface area contributed by atoms with E-state index in [1.54, 1.807) is 0 Å². The fourth-order valence-electron chi connectivity index (χ4n) is 3.28. The lowest BCUT2D eigenvalue weighted by Gasteiger charge is -2.24. The number of hydrogen-bond acceptors (Lipinski definition) is 2. The topological polar surface area (TPSA) is 32.3 Å². The van der Waals surface area contributed by atoms with Gasteiger partial charge in [-0.25, -0.2) is 0 Å². The van der Waals surface area contributed by atoms with Gasteiger partial charge in [-0.1, -0.05) is 52.9 Å². The van der Waals surface area contributed by atoms with Crippen LogP contribution in [0.5, 0.6) is 0 Å². The number of hydrogen-bond donors (Lipinski definition) is 2. The fourth-order valence-corrected chi connectivity index (χ4v) is 3.28. The van der Waals surface area contributed by atoms with Crippen molar-refractivity contribution in [3.8, 4) is 0 Å². The Morgan fingerprint density at radius 1 is 1.06 bits per heavy atom. The first kappa shape index (κ1) is 16.0. The van der Waals surface area contributed by atoms with E-state index in [9.17, 15) is 5.11 Å². The minimum atomic E-state index is -0.162. The van der Waals surface area contributed by atoms with Crippen LogP contribution < -0.4 is 5.32 Å². The van der Waals surface area contributed by atoms with Gasteiger partial charge in [-0.2, -0.15) is 0 Å². The molecule has 0 amide bonds. The van der Waals surface area contributed by atoms with E-state index in [-0.39, 0.29) is 6.10 Å². The van der Waals surface area contributed by atoms with Crippen molar-refractivity contribution in [1.29, 1.82) is 0 Å². The quantitative estimate of drug-likeness (QED) is 0.679. The van der Waals surface area contributed by atoms with E-state index in [1.165, 1.54) is 38.5 Å². The van der Waals surface area contributed by atoms with Gasteiger partial charge in [-0.05, 0) is 31.1 Å². The molecule has 1 rings (SSSR count). The van der Waals surface area contributed by atoms with Crippen LogP contribution in [0.1, 0.15) is 72.1 Å². The lowest BCUT2D eigenvalue weighted by atomic mass is 9.96. The first-order chi connectivity index (χ1) is 8.71. The van der Waals surface area contributed by atoms with Crippen molar-refractivity contribution in [2.24, 2.45) is 11.8 Å². The van der Waals surface area contributed by atoms with E-state index in [2.05, 4.69) is 26.1 Å². The van der Waals surface area contributed by atoms with Crippen LogP contribution in [0.25, 0.3) is 0 Å². The van der Waals surface area contributed by atoms with Crippen molar-refractivity contribution in [3.05, 3.63) is 0 Å². The van der Waals surface area contributed by atoms with Gasteiger partial charge < -0.3 is 10.4 Å². The van der Waals surface area contributed by atoms with Gasteiger partial charge in [0, 0.05) is 12.6 Å². The predicted molar refractivity (Wildman–Crippen MR) is 78.7 cm³/mol. The highest BCUT2D eigenvalue weighted by Crippen LogP contribution is 2.25. The SMILES string of the molecule is CCC1CCCC(NCC(O)C(CC)CC)CC1. The second-order valence-corrected chi connectivity index (χ2v) is 6.03. The lowest BCUT2D eigenvalue weighted by molar-refractivity contribution is 0.0975. The Morgan fingerprint density at radius 3 is 2.39 bits per heavy atom. The number of aliphatic hydroxyl groups excluding tert-OH is 1. The maximum absolute atomic E-state index is 10.1. The predicted octanol–water partition coefficient (Wildman–Crippen LogP) is 3.73. The van der Waals surface area contributed by atoms with Gasteiger partial charge in [0.15, 0.2) is 0 Å². The van der Waals surface area contributed by atoms with Crippen LogP contribution in [0, 0.1) is 11.8 Å². The Labute approximate surface area is 114 Å². The molecule has 3 atom stereocenters. The van der Waals surface area contributed by atoms with Gasteiger partial charge >= 0.3 is 0 Å². The van der Waals surface area contributed by atoms with Gasteiger partial charge in [0.05, 0.1) is 6.10 Å². The van der Waals surface area contributed by atoms with E-state index in [0.29, 0.717) is 12.0 Å². The molecule has 0 aliphatic heterocycles. The Kier molecular flexibility index (Phi) is 7.92. The Morgan fingerprint density at radius 2 is 1.78 bits per heavy atom. The summed E-state index contributed by atoms with van der Waals surface area (Å²) < 4.78 is 0. The van der Waals surface area contributed by atoms with Crippen molar-refractivity contribution < 1.29 is 5.11 Å². The highest BCUT2D eigenvalue weighted by atomic mass is 16.3. The third kappa shape index (κ3) is 5.27. The number of rotatable bonds is 7. The Balaban J connectivity index is 2.26. The highest BCUT2D eigenvalue weighted by molar-refractivity contribution is 4.77. The molecule has 0 bridgehead atoms. The third-order valence-corrected chi connectivity index (χ3v) is 4.87. The second-order valence-electron chi connectivity index (χ2n) is 6.03. The van der Waals surface area contributed by atoms with Crippen molar-refractivity contribution in [3.63, 3.8) is 0 Å². The summed E-state index contributed by atoms with van der Waals surface area (Å²) in [7, 11) is 0. The summed E-state index contributed by atoms with van der Waals surface area (Å²) in [5, 5.41) is 13.8. The lowest BCUT2D eigenvalue weighted by Crippen LogP contribution is -2.38. The summed E-state index contributed by atoms with van der Waals surface area (Å²) in [4.78, 5) is 0. The smallest absolute Gasteiger partial charge is 0.0692 e. The minimum Gasteiger partial charge on any atom is -0.392 e. The first-order valence-corrected chi connectivity index (χ1v) is 8.12. The molecule has 1 aliphatic carbocycles. The van der Waals surface area contributed by atoms with Crippen LogP contribution in [-0.4, -0.2) is 23.8 Å². The molecule has 1 aliphatic rings. The number of aliphatic hydroxyl groups is 1. The van der Waals surface area contributed by atoms with Gasteiger partial charge in [0.25, 0.3) is 0 Å². The number of nitrogens with one attached hydrogen (secondary N) is 1. The van der Waals surface area contributed by atoms with E-state index < -0.39 is 0 Å². The van der Waals surface area contributed by atoms with Crippen LogP contribution in [-0.2, 0) is 0 Å². The summed E-state index contributed by atoms with van der Waals surface area (Å²) in [5.41, 5.74) is 0. The molecule has 0 radical (unpaired) electrons. The first-order valence-electron chi connectivity index (χ1n) is 8.12. The Bertz CT molecular complexity index is 203. The average Bonchev–Trinajstić information content (AvgIpc) is 2.62. The van der Waals surface area contributed by atoms with Crippen molar-refractivity contribution in [2.45, 2.75) is 84.3 Å². The maximum atomic E-state index is 10.1. The summed E-state index contributed by atoms with van der Waals surface area (Å²) in [6.45, 7) is 7.45. The van der Waals surface area contributed by atoms with Crippen LogP contribution >= 0.6 is 0 Å². The molecule has 3 unspecified atom stereocenters. The molecular weight excluding hydrogens is 222 g/mol. The largest absolute Gasteiger partial charge is 0.392 e. The molecule has 2 nitrogen and oxygen atoms in total. The fraction of sp³-hybridized carbons (Fsp3) is 1.00. The molecule has 0 aromatic carbocycles. The normalized spacial score (nSPS) is 27.2. The standard InChI is InChI=1S/C16H33NO/c1-4-13-8-7-9-15(11-10-13)17-12-16(18)14(5-2)6-3/h13-18H,4-12H2,1-3H3. The molecular formula is C16H33NO. The van der Waals surface area contributed by atoms with E-state index >= 15 is 0 Å². The van der Waals surface area contributed by atoms with Gasteiger partial charge in [0.2, 0.25) is 0 Å². The monoisotopic (exact) mass is 255 g/mol. The molecule has 0 heterocycles. The van der Waals surface area contributed by atoms with Crippen molar-refractivity contribution >= 4 is 0 Å². The van der Waals surface area contributed by atoms with Gasteiger partial charge in [-0.3, -0.25) is 0 Å².